The quantitative estimate of drug-likeness (QED) is 0.451. The van der Waals surface area contributed by atoms with Crippen LogP contribution in [-0.2, 0) is 20.7 Å². The van der Waals surface area contributed by atoms with Crippen molar-refractivity contribution in [2.45, 2.75) is 25.3 Å². The van der Waals surface area contributed by atoms with E-state index >= 15 is 0 Å². The molecule has 0 saturated carbocycles. The number of esters is 1. The molecule has 5 heteroatoms. The number of ether oxygens (including phenoxy) is 1. The fraction of sp³-hybridized carbons (Fsp3) is 0.231. The Morgan fingerprint density at radius 1 is 0.935 bits per heavy atom. The number of aryl methyl sites for hydroxylation is 1. The molecule has 4 rings (SSSR count). The summed E-state index contributed by atoms with van der Waals surface area (Å²) in [7, 11) is 0. The van der Waals surface area contributed by atoms with Crippen molar-refractivity contribution in [2.24, 2.45) is 11.7 Å². The summed E-state index contributed by atoms with van der Waals surface area (Å²) in [5.74, 6) is -3.61. The molecule has 2 atom stereocenters. The first-order chi connectivity index (χ1) is 15.0. The summed E-state index contributed by atoms with van der Waals surface area (Å²) in [6.07, 6.45) is 0.286. The number of fused-ring (bicyclic) bond motifs is 3. The highest BCUT2D eigenvalue weighted by molar-refractivity contribution is 5.95. The van der Waals surface area contributed by atoms with Crippen molar-refractivity contribution in [3.05, 3.63) is 95.1 Å². The van der Waals surface area contributed by atoms with E-state index in [1.54, 1.807) is 0 Å². The van der Waals surface area contributed by atoms with E-state index in [0.29, 0.717) is 0 Å². The van der Waals surface area contributed by atoms with Crippen LogP contribution in [0.4, 0.5) is 0 Å². The Morgan fingerprint density at radius 3 is 2.06 bits per heavy atom. The average molecular weight is 415 g/mol. The number of carboxylic acid groups (broad SMARTS) is 1. The van der Waals surface area contributed by atoms with Crippen LogP contribution in [0.15, 0.2) is 72.8 Å². The van der Waals surface area contributed by atoms with E-state index in [9.17, 15) is 14.7 Å². The number of carbonyl (C=O) groups is 2. The molecule has 1 aliphatic carbocycles. The third-order valence-electron chi connectivity index (χ3n) is 6.02. The monoisotopic (exact) mass is 415 g/mol. The standard InChI is InChI=1S/C26H25NO4/c1-16-8-2-3-9-17(16)14-23(27)24(25(28)29)26(30)31-15-22-20-12-6-4-10-18(20)19-11-5-7-13-21(19)22/h2-13,22-24H,14-15,27H2,1H3,(H,28,29)/t23?,24-/m1/s1. The summed E-state index contributed by atoms with van der Waals surface area (Å²) in [6, 6.07) is 22.7. The number of rotatable bonds is 7. The Morgan fingerprint density at radius 2 is 1.48 bits per heavy atom. The number of hydrogen-bond acceptors (Lipinski definition) is 4. The largest absolute Gasteiger partial charge is 0.481 e. The van der Waals surface area contributed by atoms with Crippen LogP contribution in [0.1, 0.15) is 28.2 Å². The minimum atomic E-state index is -1.42. The van der Waals surface area contributed by atoms with E-state index in [4.69, 9.17) is 10.5 Å². The van der Waals surface area contributed by atoms with E-state index in [2.05, 4.69) is 0 Å². The Hall–Kier alpha value is -3.44. The van der Waals surface area contributed by atoms with E-state index in [1.807, 2.05) is 79.7 Å². The Balaban J connectivity index is 1.50. The molecule has 0 bridgehead atoms. The van der Waals surface area contributed by atoms with Gasteiger partial charge in [-0.15, -0.1) is 0 Å². The molecule has 31 heavy (non-hydrogen) atoms. The molecule has 0 radical (unpaired) electrons. The van der Waals surface area contributed by atoms with Crippen molar-refractivity contribution in [1.82, 2.24) is 0 Å². The van der Waals surface area contributed by atoms with Crippen molar-refractivity contribution in [1.29, 1.82) is 0 Å². The maximum absolute atomic E-state index is 12.8. The van der Waals surface area contributed by atoms with Gasteiger partial charge in [0.05, 0.1) is 0 Å². The highest BCUT2D eigenvalue weighted by Crippen LogP contribution is 2.44. The Kier molecular flexibility index (Phi) is 5.87. The molecule has 1 aliphatic rings. The minimum Gasteiger partial charge on any atom is -0.481 e. The molecule has 3 N–H and O–H groups in total. The first-order valence-electron chi connectivity index (χ1n) is 10.3. The molecule has 0 fully saturated rings. The molecule has 0 amide bonds. The molecule has 0 aliphatic heterocycles. The van der Waals surface area contributed by atoms with E-state index in [1.165, 1.54) is 0 Å². The van der Waals surface area contributed by atoms with Gasteiger partial charge in [0.1, 0.15) is 6.61 Å². The van der Waals surface area contributed by atoms with E-state index < -0.39 is 23.9 Å². The van der Waals surface area contributed by atoms with Gasteiger partial charge in [-0.3, -0.25) is 9.59 Å². The van der Waals surface area contributed by atoms with E-state index in [0.717, 1.165) is 33.4 Å². The second-order valence-electron chi connectivity index (χ2n) is 7.97. The summed E-state index contributed by atoms with van der Waals surface area (Å²) < 4.78 is 5.55. The Labute approximate surface area is 181 Å². The molecule has 0 saturated heterocycles. The van der Waals surface area contributed by atoms with Gasteiger partial charge in [0.25, 0.3) is 0 Å². The number of benzene rings is 3. The molecule has 0 aromatic heterocycles. The van der Waals surface area contributed by atoms with Crippen LogP contribution in [0.3, 0.4) is 0 Å². The lowest BCUT2D eigenvalue weighted by molar-refractivity contribution is -0.159. The van der Waals surface area contributed by atoms with Crippen LogP contribution in [0.5, 0.6) is 0 Å². The van der Waals surface area contributed by atoms with Gasteiger partial charge in [0.2, 0.25) is 0 Å². The lowest BCUT2D eigenvalue weighted by Crippen LogP contribution is -2.43. The summed E-state index contributed by atoms with van der Waals surface area (Å²) in [5.41, 5.74) is 12.5. The van der Waals surface area contributed by atoms with Crippen LogP contribution < -0.4 is 5.73 Å². The van der Waals surface area contributed by atoms with Crippen molar-refractivity contribution in [3.8, 4) is 11.1 Å². The minimum absolute atomic E-state index is 0.0771. The highest BCUT2D eigenvalue weighted by atomic mass is 16.5. The third kappa shape index (κ3) is 4.09. The first-order valence-corrected chi connectivity index (χ1v) is 10.3. The summed E-state index contributed by atoms with van der Waals surface area (Å²) >= 11 is 0. The lowest BCUT2D eigenvalue weighted by atomic mass is 9.92. The van der Waals surface area contributed by atoms with Gasteiger partial charge < -0.3 is 15.6 Å². The van der Waals surface area contributed by atoms with Gasteiger partial charge in [-0.25, -0.2) is 0 Å². The second kappa shape index (κ2) is 8.74. The van der Waals surface area contributed by atoms with Crippen molar-refractivity contribution in [3.63, 3.8) is 0 Å². The molecule has 5 nitrogen and oxygen atoms in total. The zero-order valence-electron chi connectivity index (χ0n) is 17.3. The average Bonchev–Trinajstić information content (AvgIpc) is 3.07. The zero-order chi connectivity index (χ0) is 22.0. The van der Waals surface area contributed by atoms with Gasteiger partial charge in [-0.2, -0.15) is 0 Å². The summed E-state index contributed by atoms with van der Waals surface area (Å²) in [4.78, 5) is 24.7. The third-order valence-corrected chi connectivity index (χ3v) is 6.02. The fourth-order valence-electron chi connectivity index (χ4n) is 4.36. The molecular weight excluding hydrogens is 390 g/mol. The predicted molar refractivity (Wildman–Crippen MR) is 119 cm³/mol. The van der Waals surface area contributed by atoms with Gasteiger partial charge >= 0.3 is 11.9 Å². The number of carboxylic acids is 1. The number of nitrogens with two attached hydrogens (primary N) is 1. The lowest BCUT2D eigenvalue weighted by Gasteiger charge is -2.21. The van der Waals surface area contributed by atoms with Crippen LogP contribution >= 0.6 is 0 Å². The second-order valence-corrected chi connectivity index (χ2v) is 7.97. The smallest absolute Gasteiger partial charge is 0.321 e. The molecule has 3 aromatic rings. The normalized spacial score (nSPS) is 14.4. The number of aliphatic carboxylic acids is 1. The zero-order valence-corrected chi connectivity index (χ0v) is 17.3. The Bertz CT molecular complexity index is 1080. The molecular formula is C26H25NO4. The number of carbonyl (C=O) groups excluding carboxylic acids is 1. The number of hydrogen-bond donors (Lipinski definition) is 2. The van der Waals surface area contributed by atoms with Crippen molar-refractivity contribution < 1.29 is 19.4 Å². The summed E-state index contributed by atoms with van der Waals surface area (Å²) in [6.45, 7) is 2.01. The van der Waals surface area contributed by atoms with Gasteiger partial charge in [-0.1, -0.05) is 72.8 Å². The van der Waals surface area contributed by atoms with E-state index in [-0.39, 0.29) is 18.9 Å². The van der Waals surface area contributed by atoms with Gasteiger partial charge in [0, 0.05) is 12.0 Å². The topological polar surface area (TPSA) is 89.6 Å². The van der Waals surface area contributed by atoms with Gasteiger partial charge in [-0.05, 0) is 46.7 Å². The van der Waals surface area contributed by atoms with Crippen LogP contribution in [0, 0.1) is 12.8 Å². The first kappa shape index (κ1) is 20.8. The molecule has 3 aromatic carbocycles. The maximum Gasteiger partial charge on any atom is 0.321 e. The highest BCUT2D eigenvalue weighted by Gasteiger charge is 2.36. The predicted octanol–water partition coefficient (Wildman–Crippen LogP) is 3.92. The van der Waals surface area contributed by atoms with Gasteiger partial charge in [0.15, 0.2) is 5.92 Å². The molecule has 0 heterocycles. The summed E-state index contributed by atoms with van der Waals surface area (Å²) in [5, 5.41) is 9.69. The van der Waals surface area contributed by atoms with Crippen LogP contribution in [0.2, 0.25) is 0 Å². The fourth-order valence-corrected chi connectivity index (χ4v) is 4.36. The van der Waals surface area contributed by atoms with Crippen LogP contribution in [-0.4, -0.2) is 29.7 Å². The molecule has 1 unspecified atom stereocenters. The molecule has 0 spiro atoms. The van der Waals surface area contributed by atoms with Crippen molar-refractivity contribution >= 4 is 11.9 Å². The maximum atomic E-state index is 12.8. The molecule has 158 valence electrons. The van der Waals surface area contributed by atoms with Crippen molar-refractivity contribution in [2.75, 3.05) is 6.61 Å². The van der Waals surface area contributed by atoms with Crippen LogP contribution in [0.25, 0.3) is 11.1 Å². The SMILES string of the molecule is Cc1ccccc1CC(N)[C@H](C(=O)O)C(=O)OCC1c2ccccc2-c2ccccc21.